The van der Waals surface area contributed by atoms with Gasteiger partial charge in [-0.1, -0.05) is 12.1 Å². The van der Waals surface area contributed by atoms with Crippen LogP contribution in [0.25, 0.3) is 16.7 Å². The third-order valence-electron chi connectivity index (χ3n) is 5.03. The number of benzene rings is 1. The van der Waals surface area contributed by atoms with Crippen molar-refractivity contribution in [2.45, 2.75) is 39.5 Å². The summed E-state index contributed by atoms with van der Waals surface area (Å²) < 4.78 is 41.1. The number of carbonyl (C=O) groups excluding carboxylic acids is 1. The Bertz CT molecular complexity index is 1270. The molecule has 1 amide bonds. The van der Waals surface area contributed by atoms with Gasteiger partial charge in [-0.05, 0) is 50.6 Å². The summed E-state index contributed by atoms with van der Waals surface area (Å²) in [5.41, 5.74) is 2.14. The number of amides is 1. The van der Waals surface area contributed by atoms with Gasteiger partial charge in [0.2, 0.25) is 0 Å². The minimum absolute atomic E-state index is 0.156. The molecule has 0 bridgehead atoms. The van der Waals surface area contributed by atoms with Crippen LogP contribution >= 0.6 is 0 Å². The highest BCUT2D eigenvalue weighted by atomic mass is 19.4. The molecule has 1 N–H and O–H groups in total. The Morgan fingerprint density at radius 1 is 1.16 bits per heavy atom. The highest BCUT2D eigenvalue weighted by Gasteiger charge is 2.33. The highest BCUT2D eigenvalue weighted by molar-refractivity contribution is 5.98. The van der Waals surface area contributed by atoms with Crippen LogP contribution in [-0.4, -0.2) is 30.5 Å². The SMILES string of the molecule is Cc1nc2c(cnn2C(C)C)cc1C(=O)NCc1ccc(-n2ccc(C(F)(F)F)n2)cc1. The quantitative estimate of drug-likeness (QED) is 0.495. The second-order valence-corrected chi connectivity index (χ2v) is 7.71. The molecule has 3 aromatic heterocycles. The van der Waals surface area contributed by atoms with Gasteiger partial charge in [-0.25, -0.2) is 14.3 Å². The van der Waals surface area contributed by atoms with Crippen LogP contribution in [0.15, 0.2) is 48.8 Å². The monoisotopic (exact) mass is 442 g/mol. The van der Waals surface area contributed by atoms with Crippen LogP contribution in [0.2, 0.25) is 0 Å². The molecule has 7 nitrogen and oxygen atoms in total. The van der Waals surface area contributed by atoms with Gasteiger partial charge < -0.3 is 5.32 Å². The number of aryl methyl sites for hydroxylation is 1. The maximum absolute atomic E-state index is 12.7. The van der Waals surface area contributed by atoms with Crippen molar-refractivity contribution < 1.29 is 18.0 Å². The molecule has 4 rings (SSSR count). The molecule has 0 radical (unpaired) electrons. The molecule has 0 saturated carbocycles. The molecule has 0 unspecified atom stereocenters. The van der Waals surface area contributed by atoms with E-state index in [9.17, 15) is 18.0 Å². The van der Waals surface area contributed by atoms with Gasteiger partial charge in [0, 0.05) is 24.2 Å². The number of nitrogens with one attached hydrogen (secondary N) is 1. The Morgan fingerprint density at radius 3 is 2.50 bits per heavy atom. The van der Waals surface area contributed by atoms with Gasteiger partial charge in [0.05, 0.1) is 23.1 Å². The first-order valence-electron chi connectivity index (χ1n) is 9.98. The van der Waals surface area contributed by atoms with Crippen LogP contribution < -0.4 is 5.32 Å². The van der Waals surface area contributed by atoms with Crippen molar-refractivity contribution in [3.8, 4) is 5.69 Å². The smallest absolute Gasteiger partial charge is 0.348 e. The predicted molar refractivity (Wildman–Crippen MR) is 112 cm³/mol. The summed E-state index contributed by atoms with van der Waals surface area (Å²) in [6.07, 6.45) is -1.54. The number of hydrogen-bond acceptors (Lipinski definition) is 4. The van der Waals surface area contributed by atoms with Crippen molar-refractivity contribution in [2.75, 3.05) is 0 Å². The van der Waals surface area contributed by atoms with E-state index in [1.165, 1.54) is 6.20 Å². The second-order valence-electron chi connectivity index (χ2n) is 7.71. The molecule has 0 aliphatic carbocycles. The zero-order valence-corrected chi connectivity index (χ0v) is 17.7. The molecule has 0 spiro atoms. The standard InChI is InChI=1S/C22H21F3N6O/c1-13(2)31-20-16(12-27-31)10-18(14(3)28-20)21(32)26-11-15-4-6-17(7-5-15)30-9-8-19(29-30)22(23,24)25/h4-10,12-13H,11H2,1-3H3,(H,26,32). The number of halogens is 3. The molecule has 3 heterocycles. The van der Waals surface area contributed by atoms with Gasteiger partial charge >= 0.3 is 6.18 Å². The Kier molecular flexibility index (Phi) is 5.45. The molecular weight excluding hydrogens is 421 g/mol. The lowest BCUT2D eigenvalue weighted by Gasteiger charge is -2.10. The lowest BCUT2D eigenvalue weighted by atomic mass is 10.1. The summed E-state index contributed by atoms with van der Waals surface area (Å²) in [5, 5.41) is 11.5. The lowest BCUT2D eigenvalue weighted by molar-refractivity contribution is -0.141. The number of carbonyl (C=O) groups is 1. The zero-order valence-electron chi connectivity index (χ0n) is 17.7. The fourth-order valence-electron chi connectivity index (χ4n) is 3.34. The van der Waals surface area contributed by atoms with E-state index in [-0.39, 0.29) is 18.5 Å². The topological polar surface area (TPSA) is 77.6 Å². The molecule has 32 heavy (non-hydrogen) atoms. The van der Waals surface area contributed by atoms with Crippen LogP contribution in [0.4, 0.5) is 13.2 Å². The van der Waals surface area contributed by atoms with E-state index >= 15 is 0 Å². The van der Waals surface area contributed by atoms with Crippen LogP contribution in [-0.2, 0) is 12.7 Å². The molecule has 166 valence electrons. The molecule has 0 fully saturated rings. The van der Waals surface area contributed by atoms with Gasteiger partial charge in [0.25, 0.3) is 5.91 Å². The van der Waals surface area contributed by atoms with E-state index in [2.05, 4.69) is 20.5 Å². The van der Waals surface area contributed by atoms with Crippen LogP contribution in [0, 0.1) is 6.92 Å². The molecule has 10 heteroatoms. The van der Waals surface area contributed by atoms with Crippen molar-refractivity contribution in [1.29, 1.82) is 0 Å². The fraction of sp³-hybridized carbons (Fsp3) is 0.273. The van der Waals surface area contributed by atoms with Crippen LogP contribution in [0.3, 0.4) is 0 Å². The van der Waals surface area contributed by atoms with Gasteiger partial charge in [-0.15, -0.1) is 0 Å². The average molecular weight is 442 g/mol. The first-order chi connectivity index (χ1) is 15.1. The van der Waals surface area contributed by atoms with Crippen molar-refractivity contribution in [3.63, 3.8) is 0 Å². The number of aromatic nitrogens is 5. The number of alkyl halides is 3. The number of pyridine rings is 1. The van der Waals surface area contributed by atoms with Gasteiger partial charge in [-0.2, -0.15) is 23.4 Å². The fourth-order valence-corrected chi connectivity index (χ4v) is 3.34. The number of fused-ring (bicyclic) bond motifs is 1. The van der Waals surface area contributed by atoms with E-state index in [0.29, 0.717) is 16.9 Å². The summed E-state index contributed by atoms with van der Waals surface area (Å²) in [6, 6.07) is 9.60. The molecule has 0 saturated heterocycles. The highest BCUT2D eigenvalue weighted by Crippen LogP contribution is 2.28. The zero-order chi connectivity index (χ0) is 23.0. The number of hydrogen-bond donors (Lipinski definition) is 1. The minimum atomic E-state index is -4.49. The van der Waals surface area contributed by atoms with Crippen molar-refractivity contribution in [3.05, 3.63) is 71.3 Å². The van der Waals surface area contributed by atoms with Gasteiger partial charge in [0.15, 0.2) is 11.3 Å². The normalized spacial score (nSPS) is 12.0. The van der Waals surface area contributed by atoms with Crippen LogP contribution in [0.5, 0.6) is 0 Å². The summed E-state index contributed by atoms with van der Waals surface area (Å²) in [6.45, 7) is 6.06. The molecule has 0 atom stereocenters. The van der Waals surface area contributed by atoms with Gasteiger partial charge in [-0.3, -0.25) is 4.79 Å². The average Bonchev–Trinajstić information content (AvgIpc) is 3.39. The van der Waals surface area contributed by atoms with Gasteiger partial charge in [0.1, 0.15) is 0 Å². The Hall–Kier alpha value is -3.69. The molecule has 1 aromatic carbocycles. The summed E-state index contributed by atoms with van der Waals surface area (Å²) in [5.74, 6) is -0.264. The van der Waals surface area contributed by atoms with Crippen LogP contribution in [0.1, 0.15) is 47.2 Å². The molecular formula is C22H21F3N6O. The van der Waals surface area contributed by atoms with Crippen molar-refractivity contribution in [2.24, 2.45) is 0 Å². The van der Waals surface area contributed by atoms with Crippen molar-refractivity contribution >= 4 is 16.9 Å². The number of rotatable bonds is 5. The number of nitrogens with zero attached hydrogens (tertiary/aromatic N) is 5. The lowest BCUT2D eigenvalue weighted by Crippen LogP contribution is -2.24. The predicted octanol–water partition coefficient (Wildman–Crippen LogP) is 4.46. The molecule has 4 aromatic rings. The van der Waals surface area contributed by atoms with E-state index in [1.807, 2.05) is 18.5 Å². The van der Waals surface area contributed by atoms with E-state index < -0.39 is 11.9 Å². The third kappa shape index (κ3) is 4.20. The second kappa shape index (κ2) is 8.10. The van der Waals surface area contributed by atoms with Crippen molar-refractivity contribution in [1.82, 2.24) is 29.9 Å². The molecule has 0 aliphatic heterocycles. The Morgan fingerprint density at radius 2 is 1.88 bits per heavy atom. The summed E-state index contributed by atoms with van der Waals surface area (Å²) in [7, 11) is 0. The van der Waals surface area contributed by atoms with E-state index in [4.69, 9.17) is 0 Å². The Balaban J connectivity index is 1.45. The maximum atomic E-state index is 12.7. The first-order valence-corrected chi connectivity index (χ1v) is 9.98. The summed E-state index contributed by atoms with van der Waals surface area (Å²) >= 11 is 0. The third-order valence-corrected chi connectivity index (χ3v) is 5.03. The minimum Gasteiger partial charge on any atom is -0.348 e. The Labute approximate surface area is 181 Å². The molecule has 0 aliphatic rings. The first kappa shape index (κ1) is 21.5. The summed E-state index contributed by atoms with van der Waals surface area (Å²) in [4.78, 5) is 17.3. The van der Waals surface area contributed by atoms with E-state index in [0.717, 1.165) is 27.3 Å². The largest absolute Gasteiger partial charge is 0.435 e. The maximum Gasteiger partial charge on any atom is 0.435 e. The van der Waals surface area contributed by atoms with E-state index in [1.54, 1.807) is 43.5 Å².